The van der Waals surface area contributed by atoms with Gasteiger partial charge in [-0.25, -0.2) is 15.8 Å². The number of nitrogens with two attached hydrogens (primary N) is 2. The molecular formula is C11H13ClN6O. The molecule has 1 aromatic heterocycles. The van der Waals surface area contributed by atoms with Crippen LogP contribution in [0.15, 0.2) is 41.6 Å². The van der Waals surface area contributed by atoms with Gasteiger partial charge in [-0.1, -0.05) is 11.6 Å². The number of hydrazine groups is 1. The number of pyridine rings is 1. The van der Waals surface area contributed by atoms with E-state index in [0.29, 0.717) is 23.0 Å². The van der Waals surface area contributed by atoms with Crippen molar-refractivity contribution < 1.29 is 4.74 Å². The number of hydrogen-bond acceptors (Lipinski definition) is 7. The SMILES string of the molecule is CNc1cc(O/C=C2\C(Cl)=NC=CN2N)cnc1N. The summed E-state index contributed by atoms with van der Waals surface area (Å²) in [7, 11) is 1.74. The monoisotopic (exact) mass is 280 g/mol. The zero-order chi connectivity index (χ0) is 13.8. The molecule has 0 aromatic carbocycles. The van der Waals surface area contributed by atoms with Gasteiger partial charge < -0.3 is 15.8 Å². The molecule has 0 amide bonds. The number of ether oxygens (including phenoxy) is 1. The zero-order valence-corrected chi connectivity index (χ0v) is 10.9. The molecule has 0 unspecified atom stereocenters. The number of anilines is 2. The van der Waals surface area contributed by atoms with E-state index < -0.39 is 0 Å². The maximum Gasteiger partial charge on any atom is 0.157 e. The maximum absolute atomic E-state index is 5.91. The molecule has 2 rings (SSSR count). The minimum atomic E-state index is 0.238. The summed E-state index contributed by atoms with van der Waals surface area (Å²) in [5.41, 5.74) is 6.77. The van der Waals surface area contributed by atoms with Gasteiger partial charge in [-0.05, 0) is 0 Å². The molecule has 0 saturated carbocycles. The summed E-state index contributed by atoms with van der Waals surface area (Å²) in [6, 6.07) is 1.71. The number of halogens is 1. The van der Waals surface area contributed by atoms with Crippen LogP contribution in [0.5, 0.6) is 5.75 Å². The first kappa shape index (κ1) is 13.2. The van der Waals surface area contributed by atoms with E-state index in [1.807, 2.05) is 0 Å². The molecule has 1 aromatic rings. The molecule has 0 radical (unpaired) electrons. The molecule has 5 N–H and O–H groups in total. The highest BCUT2D eigenvalue weighted by Crippen LogP contribution is 2.22. The summed E-state index contributed by atoms with van der Waals surface area (Å²) in [6.45, 7) is 0. The van der Waals surface area contributed by atoms with Gasteiger partial charge in [0.15, 0.2) is 5.17 Å². The lowest BCUT2D eigenvalue weighted by Gasteiger charge is -2.18. The van der Waals surface area contributed by atoms with Gasteiger partial charge in [-0.15, -0.1) is 0 Å². The Hall–Kier alpha value is -2.25. The van der Waals surface area contributed by atoms with Crippen LogP contribution < -0.4 is 21.6 Å². The van der Waals surface area contributed by atoms with E-state index in [0.717, 1.165) is 0 Å². The predicted molar refractivity (Wildman–Crippen MR) is 75.4 cm³/mol. The Bertz CT molecular complexity index is 568. The van der Waals surface area contributed by atoms with Crippen molar-refractivity contribution in [3.05, 3.63) is 36.6 Å². The minimum Gasteiger partial charge on any atom is -0.461 e. The number of aliphatic imine (C=N–C) groups is 1. The number of nitrogen functional groups attached to an aromatic ring is 1. The van der Waals surface area contributed by atoms with E-state index in [2.05, 4.69) is 15.3 Å². The topological polar surface area (TPSA) is 102 Å². The first-order valence-electron chi connectivity index (χ1n) is 5.36. The van der Waals surface area contributed by atoms with Crippen LogP contribution in [-0.2, 0) is 0 Å². The van der Waals surface area contributed by atoms with Gasteiger partial charge in [-0.2, -0.15) is 0 Å². The van der Waals surface area contributed by atoms with Crippen molar-refractivity contribution >= 4 is 28.3 Å². The molecule has 1 aliphatic heterocycles. The average molecular weight is 281 g/mol. The standard InChI is InChI=1S/C11H13ClN6O/c1-15-8-4-7(5-17-11(8)13)19-6-9-10(12)16-2-3-18(9)14/h2-6,15H,14H2,1H3,(H2,13,17)/b9-6+. The second kappa shape index (κ2) is 5.59. The summed E-state index contributed by atoms with van der Waals surface area (Å²) in [5, 5.41) is 4.45. The number of nitrogens with zero attached hydrogens (tertiary/aromatic N) is 3. The summed E-state index contributed by atoms with van der Waals surface area (Å²) in [4.78, 5) is 7.90. The van der Waals surface area contributed by atoms with Crippen LogP contribution >= 0.6 is 11.6 Å². The average Bonchev–Trinajstić information content (AvgIpc) is 2.40. The third kappa shape index (κ3) is 2.95. The summed E-state index contributed by atoms with van der Waals surface area (Å²) < 4.78 is 5.44. The first-order valence-corrected chi connectivity index (χ1v) is 5.74. The third-order valence-corrected chi connectivity index (χ3v) is 2.67. The Balaban J connectivity index is 2.18. The molecule has 8 heteroatoms. The van der Waals surface area contributed by atoms with Crippen LogP contribution in [0.1, 0.15) is 0 Å². The molecule has 1 aliphatic rings. The van der Waals surface area contributed by atoms with Crippen molar-refractivity contribution in [1.29, 1.82) is 0 Å². The second-order valence-corrected chi connectivity index (χ2v) is 3.96. The largest absolute Gasteiger partial charge is 0.461 e. The van der Waals surface area contributed by atoms with E-state index in [-0.39, 0.29) is 5.17 Å². The molecule has 0 fully saturated rings. The summed E-state index contributed by atoms with van der Waals surface area (Å²) >= 11 is 5.91. The van der Waals surface area contributed by atoms with E-state index >= 15 is 0 Å². The number of nitrogens with one attached hydrogen (secondary N) is 1. The molecule has 2 heterocycles. The molecule has 0 saturated heterocycles. The predicted octanol–water partition coefficient (Wildman–Crippen LogP) is 1.22. The van der Waals surface area contributed by atoms with Gasteiger partial charge in [0.25, 0.3) is 0 Å². The molecule has 0 atom stereocenters. The van der Waals surface area contributed by atoms with Crippen molar-refractivity contribution in [3.8, 4) is 5.75 Å². The molecule has 0 aliphatic carbocycles. The van der Waals surface area contributed by atoms with Crippen LogP contribution in [-0.4, -0.2) is 22.2 Å². The highest BCUT2D eigenvalue weighted by molar-refractivity contribution is 6.69. The summed E-state index contributed by atoms with van der Waals surface area (Å²) in [6.07, 6.45) is 5.94. The molecule has 7 nitrogen and oxygen atoms in total. The lowest BCUT2D eigenvalue weighted by molar-refractivity contribution is 0.435. The van der Waals surface area contributed by atoms with Crippen LogP contribution in [0.3, 0.4) is 0 Å². The first-order chi connectivity index (χ1) is 9.11. The Morgan fingerprint density at radius 3 is 3.00 bits per heavy atom. The van der Waals surface area contributed by atoms with E-state index in [9.17, 15) is 0 Å². The molecule has 19 heavy (non-hydrogen) atoms. The van der Waals surface area contributed by atoms with Gasteiger partial charge >= 0.3 is 0 Å². The highest BCUT2D eigenvalue weighted by atomic mass is 35.5. The zero-order valence-electron chi connectivity index (χ0n) is 10.2. The van der Waals surface area contributed by atoms with Gasteiger partial charge in [0, 0.05) is 25.5 Å². The fraction of sp³-hybridized carbons (Fsp3) is 0.0909. The molecule has 0 spiro atoms. The number of rotatable bonds is 3. The smallest absolute Gasteiger partial charge is 0.157 e. The normalized spacial score (nSPS) is 16.5. The molecule has 0 bridgehead atoms. The summed E-state index contributed by atoms with van der Waals surface area (Å²) in [5.74, 6) is 6.59. The van der Waals surface area contributed by atoms with Crippen molar-refractivity contribution in [2.45, 2.75) is 0 Å². The van der Waals surface area contributed by atoms with E-state index in [4.69, 9.17) is 27.9 Å². The lowest BCUT2D eigenvalue weighted by Crippen LogP contribution is -2.29. The van der Waals surface area contributed by atoms with Crippen LogP contribution in [0.4, 0.5) is 11.5 Å². The Morgan fingerprint density at radius 2 is 2.32 bits per heavy atom. The minimum absolute atomic E-state index is 0.238. The fourth-order valence-electron chi connectivity index (χ4n) is 1.38. The highest BCUT2D eigenvalue weighted by Gasteiger charge is 2.12. The lowest BCUT2D eigenvalue weighted by atomic mass is 10.3. The Morgan fingerprint density at radius 1 is 1.53 bits per heavy atom. The van der Waals surface area contributed by atoms with Gasteiger partial charge in [0.1, 0.15) is 23.5 Å². The van der Waals surface area contributed by atoms with Gasteiger partial charge in [-0.3, -0.25) is 5.01 Å². The van der Waals surface area contributed by atoms with Crippen LogP contribution in [0, 0.1) is 0 Å². The maximum atomic E-state index is 5.91. The number of aromatic nitrogens is 1. The van der Waals surface area contributed by atoms with Gasteiger partial charge in [0.05, 0.1) is 11.9 Å². The quantitative estimate of drug-likeness (QED) is 0.568. The van der Waals surface area contributed by atoms with Crippen LogP contribution in [0.2, 0.25) is 0 Å². The van der Waals surface area contributed by atoms with E-state index in [1.54, 1.807) is 19.3 Å². The van der Waals surface area contributed by atoms with Crippen molar-refractivity contribution in [2.75, 3.05) is 18.1 Å². The third-order valence-electron chi connectivity index (χ3n) is 2.37. The van der Waals surface area contributed by atoms with Crippen molar-refractivity contribution in [1.82, 2.24) is 9.99 Å². The molecular weight excluding hydrogens is 268 g/mol. The Kier molecular flexibility index (Phi) is 3.88. The number of allylic oxidation sites excluding steroid dienone is 1. The fourth-order valence-corrected chi connectivity index (χ4v) is 1.58. The van der Waals surface area contributed by atoms with Crippen LogP contribution in [0.25, 0.3) is 0 Å². The second-order valence-electron chi connectivity index (χ2n) is 3.60. The van der Waals surface area contributed by atoms with E-state index in [1.165, 1.54) is 23.7 Å². The Labute approximate surface area is 115 Å². The van der Waals surface area contributed by atoms with Crippen molar-refractivity contribution in [2.24, 2.45) is 10.8 Å². The van der Waals surface area contributed by atoms with Gasteiger partial charge in [0.2, 0.25) is 0 Å². The number of hydrogen-bond donors (Lipinski definition) is 3. The van der Waals surface area contributed by atoms with Crippen molar-refractivity contribution in [3.63, 3.8) is 0 Å². The molecule has 100 valence electrons.